The van der Waals surface area contributed by atoms with Crippen molar-refractivity contribution in [3.05, 3.63) is 6.92 Å². The minimum atomic E-state index is 0.920. The van der Waals surface area contributed by atoms with E-state index in [0.717, 1.165) is 6.42 Å². The van der Waals surface area contributed by atoms with Crippen molar-refractivity contribution in [3.8, 4) is 11.8 Å². The molecule has 0 saturated heterocycles. The quantitative estimate of drug-likeness (QED) is 0.328. The van der Waals surface area contributed by atoms with Gasteiger partial charge >= 0.3 is 30.0 Å². The fourth-order valence-corrected chi connectivity index (χ4v) is 0.125. The molecule has 0 fully saturated rings. The van der Waals surface area contributed by atoms with Crippen LogP contribution in [-0.2, 0) is 16.3 Å². The molecule has 0 aromatic rings. The van der Waals surface area contributed by atoms with Gasteiger partial charge in [-0.1, -0.05) is 13.3 Å². The summed E-state index contributed by atoms with van der Waals surface area (Å²) < 4.78 is 0. The molecular formula is C5H7BrZn. The summed E-state index contributed by atoms with van der Waals surface area (Å²) in [4.78, 5) is 0. The van der Waals surface area contributed by atoms with E-state index in [9.17, 15) is 0 Å². The first-order chi connectivity index (χ1) is 3.41. The van der Waals surface area contributed by atoms with E-state index in [4.69, 9.17) is 0 Å². The Morgan fingerprint density at radius 2 is 2.14 bits per heavy atom. The molecule has 0 amide bonds. The van der Waals surface area contributed by atoms with Gasteiger partial charge in [-0.25, -0.2) is 0 Å². The van der Waals surface area contributed by atoms with Crippen molar-refractivity contribution in [2.24, 2.45) is 0 Å². The first kappa shape index (κ1) is 10.5. The van der Waals surface area contributed by atoms with E-state index in [0.29, 0.717) is 0 Å². The van der Waals surface area contributed by atoms with Crippen LogP contribution in [0.5, 0.6) is 0 Å². The van der Waals surface area contributed by atoms with Crippen LogP contribution in [-0.4, -0.2) is 0 Å². The van der Waals surface area contributed by atoms with E-state index < -0.39 is 0 Å². The maximum atomic E-state index is 3.31. The fraction of sp³-hybridized carbons (Fsp3) is 0.400. The third kappa shape index (κ3) is 20.9. The van der Waals surface area contributed by atoms with Crippen LogP contribution in [0.2, 0.25) is 0 Å². The normalized spacial score (nSPS) is 4.57. The van der Waals surface area contributed by atoms with Gasteiger partial charge in [0, 0.05) is 0 Å². The zero-order chi connectivity index (χ0) is 6.12. The van der Waals surface area contributed by atoms with E-state index in [2.05, 4.69) is 32.4 Å². The molecule has 0 aliphatic carbocycles. The van der Waals surface area contributed by atoms with Crippen LogP contribution < -0.4 is 0 Å². The summed E-state index contributed by atoms with van der Waals surface area (Å²) in [5, 5.41) is 0. The molecule has 0 heterocycles. The van der Waals surface area contributed by atoms with E-state index in [-0.39, 0.29) is 0 Å². The molecule has 0 unspecified atom stereocenters. The Bertz CT molecular complexity index is 60.2. The van der Waals surface area contributed by atoms with Gasteiger partial charge in [-0.05, 0) is 0 Å². The summed E-state index contributed by atoms with van der Waals surface area (Å²) in [6.45, 7) is 5.31. The Morgan fingerprint density at radius 3 is 2.14 bits per heavy atom. The van der Waals surface area contributed by atoms with Crippen LogP contribution in [0.3, 0.4) is 0 Å². The molecule has 7 heavy (non-hydrogen) atoms. The Labute approximate surface area is 62.1 Å². The molecule has 0 spiro atoms. The molecule has 0 aliphatic heterocycles. The summed E-state index contributed by atoms with van der Waals surface area (Å²) in [5.41, 5.74) is 0. The van der Waals surface area contributed by atoms with Gasteiger partial charge < -0.3 is 5.92 Å². The van der Waals surface area contributed by atoms with Crippen LogP contribution >= 0.6 is 13.6 Å². The minimum absolute atomic E-state index is 0.920. The standard InChI is InChI=1S/C5H7.BrH.Zn/c1-3-5-4-2;;/h1,4H2,2H3;1H;/q-1;;+2/p-1. The SMILES string of the molecule is [CH2-]C#CCC.[Zn+][Br]. The van der Waals surface area contributed by atoms with Crippen LogP contribution in [0.15, 0.2) is 0 Å². The van der Waals surface area contributed by atoms with Crippen molar-refractivity contribution >= 4 is 13.6 Å². The molecule has 0 radical (unpaired) electrons. The van der Waals surface area contributed by atoms with Gasteiger partial charge in [0.25, 0.3) is 0 Å². The molecule has 0 bridgehead atoms. The van der Waals surface area contributed by atoms with Crippen molar-refractivity contribution in [3.63, 3.8) is 0 Å². The summed E-state index contributed by atoms with van der Waals surface area (Å²) >= 11 is 4.25. The fourth-order valence-electron chi connectivity index (χ4n) is 0.125. The summed E-state index contributed by atoms with van der Waals surface area (Å²) in [6, 6.07) is 0. The molecule has 0 saturated carbocycles. The molecule has 2 heteroatoms. The van der Waals surface area contributed by atoms with Crippen molar-refractivity contribution in [2.45, 2.75) is 13.3 Å². The third-order valence-corrected chi connectivity index (χ3v) is 0.302. The van der Waals surface area contributed by atoms with Crippen LogP contribution in [0.4, 0.5) is 0 Å². The van der Waals surface area contributed by atoms with Crippen LogP contribution in [0.1, 0.15) is 13.3 Å². The van der Waals surface area contributed by atoms with Gasteiger partial charge in [0.1, 0.15) is 0 Å². The Hall–Kier alpha value is 0.533. The topological polar surface area (TPSA) is 0 Å². The monoisotopic (exact) mass is 210 g/mol. The molecule has 0 nitrogen and oxygen atoms in total. The van der Waals surface area contributed by atoms with E-state index in [1.807, 2.05) is 6.92 Å². The second kappa shape index (κ2) is 16.0. The second-order valence-corrected chi connectivity index (χ2v) is 0.707. The molecule has 0 rings (SSSR count). The molecule has 36 valence electrons. The van der Waals surface area contributed by atoms with Crippen LogP contribution in [0.25, 0.3) is 0 Å². The van der Waals surface area contributed by atoms with Gasteiger partial charge in [0.05, 0.1) is 0 Å². The number of halogens is 1. The molecule has 0 aliphatic rings. The number of hydrogen-bond donors (Lipinski definition) is 0. The number of rotatable bonds is 0. The van der Waals surface area contributed by atoms with Gasteiger partial charge in [0.2, 0.25) is 0 Å². The summed E-state index contributed by atoms with van der Waals surface area (Å²) in [6.07, 6.45) is 0.920. The average Bonchev–Trinajstić information content (AvgIpc) is 1.75. The van der Waals surface area contributed by atoms with Gasteiger partial charge in [0.15, 0.2) is 0 Å². The molecule has 0 N–H and O–H groups in total. The predicted molar refractivity (Wildman–Crippen MR) is 32.4 cm³/mol. The van der Waals surface area contributed by atoms with Crippen molar-refractivity contribution in [2.75, 3.05) is 0 Å². The van der Waals surface area contributed by atoms with Crippen molar-refractivity contribution in [1.29, 1.82) is 0 Å². The zero-order valence-corrected chi connectivity index (χ0v) is 9.05. The maximum absolute atomic E-state index is 3.31. The molecule has 0 aromatic heterocycles. The van der Waals surface area contributed by atoms with Gasteiger partial charge in [-0.2, -0.15) is 6.92 Å². The Kier molecular flexibility index (Phi) is 24.0. The first-order valence-corrected chi connectivity index (χ1v) is 8.88. The Balaban J connectivity index is 0. The predicted octanol–water partition coefficient (Wildman–Crippen LogP) is 2.08. The molecule has 0 atom stereocenters. The number of hydrogen-bond acceptors (Lipinski definition) is 0. The summed E-state index contributed by atoms with van der Waals surface area (Å²) in [7, 11) is 0. The van der Waals surface area contributed by atoms with E-state index in [1.54, 1.807) is 0 Å². The first-order valence-electron chi connectivity index (χ1n) is 1.93. The van der Waals surface area contributed by atoms with Gasteiger partial charge in [-0.15, -0.1) is 0 Å². The average molecular weight is 212 g/mol. The van der Waals surface area contributed by atoms with E-state index >= 15 is 0 Å². The zero-order valence-electron chi connectivity index (χ0n) is 4.50. The van der Waals surface area contributed by atoms with Gasteiger partial charge in [-0.3, -0.25) is 5.92 Å². The third-order valence-electron chi connectivity index (χ3n) is 0.302. The van der Waals surface area contributed by atoms with Crippen LogP contribution in [0, 0.1) is 18.8 Å². The summed E-state index contributed by atoms with van der Waals surface area (Å²) in [5.74, 6) is 5.27. The second-order valence-electron chi connectivity index (χ2n) is 0.707. The Morgan fingerprint density at radius 1 is 1.71 bits per heavy atom. The van der Waals surface area contributed by atoms with E-state index in [1.165, 1.54) is 16.3 Å². The molecular weight excluding hydrogens is 205 g/mol. The van der Waals surface area contributed by atoms with Crippen molar-refractivity contribution in [1.82, 2.24) is 0 Å². The van der Waals surface area contributed by atoms with Crippen molar-refractivity contribution < 1.29 is 16.3 Å². The molecule has 0 aromatic carbocycles.